The number of rotatable bonds is 5. The predicted molar refractivity (Wildman–Crippen MR) is 112 cm³/mol. The molecule has 6 heteroatoms. The zero-order valence-corrected chi connectivity index (χ0v) is 17.0. The number of halogens is 1. The fraction of sp³-hybridized carbons (Fsp3) is 0.273. The molecule has 0 fully saturated rings. The number of aliphatic hydroxyl groups is 1. The van der Waals surface area contributed by atoms with Crippen LogP contribution in [0.2, 0.25) is 5.15 Å². The summed E-state index contributed by atoms with van der Waals surface area (Å²) in [6.45, 7) is 6.56. The number of aromatic nitrogens is 2. The highest BCUT2D eigenvalue weighted by atomic mass is 35.5. The van der Waals surface area contributed by atoms with Crippen LogP contribution in [0.3, 0.4) is 0 Å². The zero-order valence-electron chi connectivity index (χ0n) is 16.2. The number of hydrogen-bond donors (Lipinski definition) is 2. The summed E-state index contributed by atoms with van der Waals surface area (Å²) in [7, 11) is 0. The third-order valence-corrected chi connectivity index (χ3v) is 5.24. The van der Waals surface area contributed by atoms with Crippen molar-refractivity contribution in [2.24, 2.45) is 0 Å². The molecule has 0 amide bonds. The van der Waals surface area contributed by atoms with Crippen molar-refractivity contribution in [2.45, 2.75) is 39.8 Å². The first-order valence-electron chi connectivity index (χ1n) is 9.10. The lowest BCUT2D eigenvalue weighted by Crippen LogP contribution is -2.09. The van der Waals surface area contributed by atoms with Crippen LogP contribution in [0.25, 0.3) is 11.1 Å². The molecule has 2 aromatic heterocycles. The molecule has 144 valence electrons. The number of pyridine rings is 1. The van der Waals surface area contributed by atoms with Crippen LogP contribution in [0.1, 0.15) is 47.8 Å². The van der Waals surface area contributed by atoms with E-state index in [1.54, 1.807) is 6.20 Å². The van der Waals surface area contributed by atoms with E-state index in [1.165, 1.54) is 0 Å². The molecule has 0 saturated carbocycles. The van der Waals surface area contributed by atoms with Gasteiger partial charge < -0.3 is 15.4 Å². The van der Waals surface area contributed by atoms with Crippen molar-refractivity contribution in [2.75, 3.05) is 5.73 Å². The molecule has 0 bridgehead atoms. The Balaban J connectivity index is 2.18. The Morgan fingerprint density at radius 1 is 1.29 bits per heavy atom. The molecule has 0 unspecified atom stereocenters. The second-order valence-corrected chi connectivity index (χ2v) is 7.50. The van der Waals surface area contributed by atoms with Gasteiger partial charge in [-0.15, -0.1) is 0 Å². The predicted octanol–water partition coefficient (Wildman–Crippen LogP) is 4.63. The van der Waals surface area contributed by atoms with Crippen LogP contribution < -0.4 is 5.73 Å². The first kappa shape index (κ1) is 19.9. The Morgan fingerprint density at radius 3 is 2.54 bits per heavy atom. The normalized spacial score (nSPS) is 11.0. The summed E-state index contributed by atoms with van der Waals surface area (Å²) in [4.78, 5) is 4.18. The largest absolute Gasteiger partial charge is 0.399 e. The van der Waals surface area contributed by atoms with Crippen LogP contribution in [-0.2, 0) is 13.2 Å². The van der Waals surface area contributed by atoms with E-state index in [-0.39, 0.29) is 12.5 Å². The quantitative estimate of drug-likeness (QED) is 0.487. The molecular formula is C22H23ClN4O. The highest BCUT2D eigenvalue weighted by molar-refractivity contribution is 6.30. The van der Waals surface area contributed by atoms with Gasteiger partial charge in [0, 0.05) is 40.9 Å². The molecule has 5 nitrogen and oxygen atoms in total. The van der Waals surface area contributed by atoms with Gasteiger partial charge in [-0.05, 0) is 42.2 Å². The molecular weight excluding hydrogens is 372 g/mol. The summed E-state index contributed by atoms with van der Waals surface area (Å²) in [5, 5.41) is 19.7. The molecule has 3 N–H and O–H groups in total. The van der Waals surface area contributed by atoms with Crippen molar-refractivity contribution in [3.05, 3.63) is 69.8 Å². The second-order valence-electron chi connectivity index (χ2n) is 7.15. The number of nitrogens with two attached hydrogens (primary N) is 1. The van der Waals surface area contributed by atoms with E-state index in [1.807, 2.05) is 37.3 Å². The summed E-state index contributed by atoms with van der Waals surface area (Å²) in [6.07, 6.45) is 1.71. The molecule has 0 spiro atoms. The number of anilines is 1. The van der Waals surface area contributed by atoms with Gasteiger partial charge in [-0.2, -0.15) is 5.26 Å². The molecule has 0 atom stereocenters. The minimum absolute atomic E-state index is 0.161. The number of nitrogens with zero attached hydrogens (tertiary/aromatic N) is 3. The number of nitriles is 1. The Hall–Kier alpha value is -2.81. The SMILES string of the molecule is Cc1c(-c2ccc(N)cc2)c(C#N)c(C(C)C)n1Cc1cnc(Cl)c(CO)c1. The molecule has 28 heavy (non-hydrogen) atoms. The number of benzene rings is 1. The van der Waals surface area contributed by atoms with Crippen molar-refractivity contribution in [1.82, 2.24) is 9.55 Å². The van der Waals surface area contributed by atoms with Crippen LogP contribution >= 0.6 is 11.6 Å². The summed E-state index contributed by atoms with van der Waals surface area (Å²) in [6, 6.07) is 11.8. The van der Waals surface area contributed by atoms with Gasteiger partial charge in [0.1, 0.15) is 11.2 Å². The Kier molecular flexibility index (Phi) is 5.73. The topological polar surface area (TPSA) is 87.9 Å². The third-order valence-electron chi connectivity index (χ3n) is 4.90. The van der Waals surface area contributed by atoms with Gasteiger partial charge in [0.2, 0.25) is 0 Å². The minimum Gasteiger partial charge on any atom is -0.399 e. The van der Waals surface area contributed by atoms with E-state index in [9.17, 15) is 10.4 Å². The fourth-order valence-corrected chi connectivity index (χ4v) is 3.77. The standard InChI is InChI=1S/C22H23ClN4O/c1-13(2)21-19(9-24)20(16-4-6-18(25)7-5-16)14(3)27(21)11-15-8-17(12-28)22(23)26-10-15/h4-8,10,13,28H,11-12,25H2,1-3H3. The summed E-state index contributed by atoms with van der Waals surface area (Å²) in [5.41, 5.74) is 12.6. The smallest absolute Gasteiger partial charge is 0.134 e. The van der Waals surface area contributed by atoms with Gasteiger partial charge in [-0.3, -0.25) is 0 Å². The van der Waals surface area contributed by atoms with Gasteiger partial charge >= 0.3 is 0 Å². The van der Waals surface area contributed by atoms with Crippen LogP contribution in [0, 0.1) is 18.3 Å². The lowest BCUT2D eigenvalue weighted by atomic mass is 9.98. The van der Waals surface area contributed by atoms with Gasteiger partial charge in [-0.25, -0.2) is 4.98 Å². The molecule has 0 aliphatic heterocycles. The van der Waals surface area contributed by atoms with E-state index in [2.05, 4.69) is 29.5 Å². The average molecular weight is 395 g/mol. The van der Waals surface area contributed by atoms with Crippen molar-refractivity contribution in [3.63, 3.8) is 0 Å². The van der Waals surface area contributed by atoms with Crippen molar-refractivity contribution < 1.29 is 5.11 Å². The van der Waals surface area contributed by atoms with Crippen LogP contribution in [0.4, 0.5) is 5.69 Å². The molecule has 0 aliphatic carbocycles. The molecule has 0 saturated heterocycles. The third kappa shape index (κ3) is 3.62. The number of hydrogen-bond acceptors (Lipinski definition) is 4. The van der Waals surface area contributed by atoms with Crippen LogP contribution in [0.15, 0.2) is 36.5 Å². The fourth-order valence-electron chi connectivity index (χ4n) is 3.60. The molecule has 0 radical (unpaired) electrons. The molecule has 1 aromatic carbocycles. The first-order chi connectivity index (χ1) is 13.4. The number of nitrogen functional groups attached to an aromatic ring is 1. The zero-order chi connectivity index (χ0) is 20.4. The first-order valence-corrected chi connectivity index (χ1v) is 9.48. The van der Waals surface area contributed by atoms with Gasteiger partial charge in [-0.1, -0.05) is 37.6 Å². The monoisotopic (exact) mass is 394 g/mol. The molecule has 3 aromatic rings. The molecule has 0 aliphatic rings. The van der Waals surface area contributed by atoms with E-state index in [4.69, 9.17) is 17.3 Å². The van der Waals surface area contributed by atoms with E-state index < -0.39 is 0 Å². The Labute approximate surface area is 170 Å². The Morgan fingerprint density at radius 2 is 1.96 bits per heavy atom. The van der Waals surface area contributed by atoms with E-state index in [0.717, 1.165) is 28.1 Å². The maximum atomic E-state index is 9.94. The highest BCUT2D eigenvalue weighted by Crippen LogP contribution is 2.36. The minimum atomic E-state index is -0.165. The van der Waals surface area contributed by atoms with E-state index >= 15 is 0 Å². The molecule has 3 rings (SSSR count). The highest BCUT2D eigenvalue weighted by Gasteiger charge is 2.23. The van der Waals surface area contributed by atoms with Crippen LogP contribution in [0.5, 0.6) is 0 Å². The summed E-state index contributed by atoms with van der Waals surface area (Å²) >= 11 is 6.03. The van der Waals surface area contributed by atoms with Gasteiger partial charge in [0.15, 0.2) is 0 Å². The van der Waals surface area contributed by atoms with Crippen molar-refractivity contribution >= 4 is 17.3 Å². The average Bonchev–Trinajstić information content (AvgIpc) is 2.96. The number of aliphatic hydroxyl groups excluding tert-OH is 1. The van der Waals surface area contributed by atoms with Crippen LogP contribution in [-0.4, -0.2) is 14.7 Å². The maximum Gasteiger partial charge on any atom is 0.134 e. The molecule has 2 heterocycles. The van der Waals surface area contributed by atoms with Crippen molar-refractivity contribution in [1.29, 1.82) is 5.26 Å². The van der Waals surface area contributed by atoms with Crippen molar-refractivity contribution in [3.8, 4) is 17.2 Å². The summed E-state index contributed by atoms with van der Waals surface area (Å²) < 4.78 is 2.15. The maximum absolute atomic E-state index is 9.94. The lowest BCUT2D eigenvalue weighted by Gasteiger charge is -2.15. The van der Waals surface area contributed by atoms with Gasteiger partial charge in [0.05, 0.1) is 12.2 Å². The summed E-state index contributed by atoms with van der Waals surface area (Å²) in [5.74, 6) is 0.161. The second kappa shape index (κ2) is 8.05. The van der Waals surface area contributed by atoms with E-state index in [0.29, 0.717) is 28.5 Å². The Bertz CT molecular complexity index is 1050. The van der Waals surface area contributed by atoms with Gasteiger partial charge in [0.25, 0.3) is 0 Å². The lowest BCUT2D eigenvalue weighted by molar-refractivity contribution is 0.281.